The van der Waals surface area contributed by atoms with E-state index in [2.05, 4.69) is 20.7 Å². The molecule has 2 aromatic carbocycles. The van der Waals surface area contributed by atoms with Gasteiger partial charge in [-0.05, 0) is 42.8 Å². The van der Waals surface area contributed by atoms with Crippen molar-refractivity contribution in [1.29, 1.82) is 0 Å². The summed E-state index contributed by atoms with van der Waals surface area (Å²) in [6, 6.07) is 10.8. The van der Waals surface area contributed by atoms with Crippen LogP contribution in [0.5, 0.6) is 0 Å². The van der Waals surface area contributed by atoms with Crippen LogP contribution in [0.25, 0.3) is 0 Å². The van der Waals surface area contributed by atoms with Gasteiger partial charge in [0.15, 0.2) is 0 Å². The Morgan fingerprint density at radius 2 is 1.91 bits per heavy atom. The molecule has 1 unspecified atom stereocenters. The zero-order chi connectivity index (χ0) is 22.9. The van der Waals surface area contributed by atoms with Crippen LogP contribution < -0.4 is 10.6 Å². The molecule has 2 amide bonds. The highest BCUT2D eigenvalue weighted by Gasteiger charge is 2.30. The summed E-state index contributed by atoms with van der Waals surface area (Å²) in [6.07, 6.45) is -1.36. The lowest BCUT2D eigenvalue weighted by Crippen LogP contribution is -2.30. The first kappa shape index (κ1) is 21.3. The highest BCUT2D eigenvalue weighted by Crippen LogP contribution is 2.31. The van der Waals surface area contributed by atoms with Crippen LogP contribution in [0.3, 0.4) is 0 Å². The fourth-order valence-corrected chi connectivity index (χ4v) is 3.23. The maximum absolute atomic E-state index is 12.9. The summed E-state index contributed by atoms with van der Waals surface area (Å²) < 4.78 is 40.3. The van der Waals surface area contributed by atoms with Crippen LogP contribution >= 0.6 is 0 Å². The van der Waals surface area contributed by atoms with Crippen molar-refractivity contribution in [3.63, 3.8) is 0 Å². The highest BCUT2D eigenvalue weighted by atomic mass is 19.4. The lowest BCUT2D eigenvalue weighted by molar-refractivity contribution is -0.137. The number of aryl methyl sites for hydroxylation is 1. The second kappa shape index (κ2) is 8.29. The third-order valence-corrected chi connectivity index (χ3v) is 4.99. The van der Waals surface area contributed by atoms with Crippen LogP contribution in [-0.4, -0.2) is 27.8 Å². The number of halogens is 3. The first-order chi connectivity index (χ1) is 15.2. The van der Waals surface area contributed by atoms with E-state index >= 15 is 0 Å². The molecule has 0 saturated heterocycles. The molecule has 2 heterocycles. The van der Waals surface area contributed by atoms with E-state index in [0.717, 1.165) is 17.7 Å². The minimum atomic E-state index is -4.51. The van der Waals surface area contributed by atoms with Crippen LogP contribution in [0.2, 0.25) is 0 Å². The van der Waals surface area contributed by atoms with Gasteiger partial charge >= 0.3 is 6.18 Å². The van der Waals surface area contributed by atoms with Gasteiger partial charge in [0.1, 0.15) is 5.82 Å². The lowest BCUT2D eigenvalue weighted by atomic mass is 10.1. The number of rotatable bonds is 4. The van der Waals surface area contributed by atoms with Crippen molar-refractivity contribution in [3.05, 3.63) is 71.4 Å². The number of fused-ring (bicyclic) bond motifs is 1. The van der Waals surface area contributed by atoms with Gasteiger partial charge in [-0.25, -0.2) is 9.67 Å². The normalized spacial score (nSPS) is 15.2. The molecule has 0 radical (unpaired) electrons. The van der Waals surface area contributed by atoms with E-state index in [-0.39, 0.29) is 17.2 Å². The van der Waals surface area contributed by atoms with Crippen LogP contribution in [-0.2, 0) is 17.5 Å². The quantitative estimate of drug-likeness (QED) is 0.628. The zero-order valence-electron chi connectivity index (χ0n) is 16.8. The van der Waals surface area contributed by atoms with Crippen molar-refractivity contribution in [2.24, 2.45) is 10.9 Å². The first-order valence-corrected chi connectivity index (χ1v) is 9.67. The zero-order valence-corrected chi connectivity index (χ0v) is 16.8. The smallest absolute Gasteiger partial charge is 0.325 e. The number of alkyl halides is 3. The van der Waals surface area contributed by atoms with Crippen molar-refractivity contribution in [1.82, 2.24) is 9.78 Å². The first-order valence-electron chi connectivity index (χ1n) is 9.67. The van der Waals surface area contributed by atoms with Crippen molar-refractivity contribution in [2.45, 2.75) is 19.6 Å². The van der Waals surface area contributed by atoms with Gasteiger partial charge in [-0.15, -0.1) is 0 Å². The Balaban J connectivity index is 1.48. The fourth-order valence-electron chi connectivity index (χ4n) is 3.23. The number of carbonyl (C=O) groups is 2. The van der Waals surface area contributed by atoms with Crippen LogP contribution in [0.1, 0.15) is 21.5 Å². The summed E-state index contributed by atoms with van der Waals surface area (Å²) in [5.74, 6) is -0.781. The van der Waals surface area contributed by atoms with E-state index in [0.29, 0.717) is 18.1 Å². The van der Waals surface area contributed by atoms with Crippen molar-refractivity contribution >= 4 is 35.2 Å². The van der Waals surface area contributed by atoms with E-state index in [4.69, 9.17) is 0 Å². The van der Waals surface area contributed by atoms with E-state index < -0.39 is 23.6 Å². The van der Waals surface area contributed by atoms with Gasteiger partial charge < -0.3 is 10.6 Å². The Morgan fingerprint density at radius 3 is 2.69 bits per heavy atom. The molecular formula is C22H18F3N5O2. The summed E-state index contributed by atoms with van der Waals surface area (Å²) >= 11 is 0. The maximum Gasteiger partial charge on any atom is 0.416 e. The molecule has 1 aliphatic heterocycles. The molecule has 0 fully saturated rings. The Morgan fingerprint density at radius 1 is 1.09 bits per heavy atom. The second-order valence-corrected chi connectivity index (χ2v) is 7.31. The van der Waals surface area contributed by atoms with Gasteiger partial charge in [-0.1, -0.05) is 12.1 Å². The minimum Gasteiger partial charge on any atom is -0.325 e. The monoisotopic (exact) mass is 441 g/mol. The SMILES string of the molecule is Cc1ccc(C(=O)Nc2cccc(C(F)(F)F)c2)cc1NC(=O)C1C=Nc2ccnn2C1. The average molecular weight is 441 g/mol. The van der Waals surface area contributed by atoms with E-state index in [1.54, 1.807) is 36.1 Å². The van der Waals surface area contributed by atoms with E-state index in [1.807, 2.05) is 0 Å². The Bertz CT molecular complexity index is 1220. The molecule has 0 spiro atoms. The summed E-state index contributed by atoms with van der Waals surface area (Å²) in [6.45, 7) is 2.11. The predicted molar refractivity (Wildman–Crippen MR) is 113 cm³/mol. The number of nitrogens with zero attached hydrogens (tertiary/aromatic N) is 3. The van der Waals surface area contributed by atoms with Gasteiger partial charge in [-0.2, -0.15) is 18.3 Å². The number of anilines is 2. The molecule has 32 heavy (non-hydrogen) atoms. The van der Waals surface area contributed by atoms with Gasteiger partial charge in [0.2, 0.25) is 5.91 Å². The van der Waals surface area contributed by atoms with Crippen LogP contribution in [0.4, 0.5) is 30.4 Å². The van der Waals surface area contributed by atoms with Crippen molar-refractivity contribution in [3.8, 4) is 0 Å². The number of amides is 2. The third kappa shape index (κ3) is 4.53. The van der Waals surface area contributed by atoms with E-state index in [9.17, 15) is 22.8 Å². The lowest BCUT2D eigenvalue weighted by Gasteiger charge is -2.18. The molecule has 1 aliphatic rings. The highest BCUT2D eigenvalue weighted by molar-refractivity contribution is 6.07. The average Bonchev–Trinajstić information content (AvgIpc) is 3.22. The molecule has 0 bridgehead atoms. The summed E-state index contributed by atoms with van der Waals surface area (Å²) in [5.41, 5.74) is 0.494. The largest absolute Gasteiger partial charge is 0.416 e. The number of aliphatic imine (C=N–C) groups is 1. The molecule has 2 N–H and O–H groups in total. The molecule has 1 aromatic heterocycles. The van der Waals surface area contributed by atoms with Gasteiger partial charge in [0.05, 0.1) is 24.2 Å². The van der Waals surface area contributed by atoms with E-state index in [1.165, 1.54) is 24.3 Å². The molecule has 0 aliphatic carbocycles. The number of aromatic nitrogens is 2. The Labute approximate surface area is 181 Å². The Kier molecular flexibility index (Phi) is 5.52. The predicted octanol–water partition coefficient (Wildman–Crippen LogP) is 4.43. The summed E-state index contributed by atoms with van der Waals surface area (Å²) in [5, 5.41) is 9.36. The number of carbonyl (C=O) groups excluding carboxylic acids is 2. The topological polar surface area (TPSA) is 88.4 Å². The fraction of sp³-hybridized carbons (Fsp3) is 0.182. The summed E-state index contributed by atoms with van der Waals surface area (Å²) in [4.78, 5) is 29.5. The standard InChI is InChI=1S/C22H18F3N5O2/c1-13-5-6-14(20(31)28-17-4-2-3-16(10-17)22(23,24)25)9-18(13)29-21(32)15-11-26-19-7-8-27-30(19)12-15/h2-11,15H,12H2,1H3,(H,28,31)(H,29,32). The number of hydrogen-bond donors (Lipinski definition) is 2. The Hall–Kier alpha value is -3.95. The van der Waals surface area contributed by atoms with Crippen molar-refractivity contribution < 1.29 is 22.8 Å². The third-order valence-electron chi connectivity index (χ3n) is 4.99. The molecule has 164 valence electrons. The molecule has 1 atom stereocenters. The van der Waals surface area contributed by atoms with Crippen LogP contribution in [0.15, 0.2) is 59.7 Å². The molecular weight excluding hydrogens is 423 g/mol. The second-order valence-electron chi connectivity index (χ2n) is 7.31. The van der Waals surface area contributed by atoms with Gasteiger partial charge in [0.25, 0.3) is 5.91 Å². The molecule has 0 saturated carbocycles. The van der Waals surface area contributed by atoms with Crippen molar-refractivity contribution in [2.75, 3.05) is 10.6 Å². The number of nitrogens with one attached hydrogen (secondary N) is 2. The van der Waals surface area contributed by atoms with Gasteiger partial charge in [0, 0.05) is 29.2 Å². The summed E-state index contributed by atoms with van der Waals surface area (Å²) in [7, 11) is 0. The molecule has 7 nitrogen and oxygen atoms in total. The van der Waals surface area contributed by atoms with Crippen LogP contribution in [0, 0.1) is 12.8 Å². The molecule has 4 rings (SSSR count). The maximum atomic E-state index is 12.9. The molecule has 3 aromatic rings. The minimum absolute atomic E-state index is 0.0180. The van der Waals surface area contributed by atoms with Gasteiger partial charge in [-0.3, -0.25) is 9.59 Å². The molecule has 10 heteroatoms. The number of benzene rings is 2. The number of hydrogen-bond acceptors (Lipinski definition) is 4.